The predicted octanol–water partition coefficient (Wildman–Crippen LogP) is -1.58. The summed E-state index contributed by atoms with van der Waals surface area (Å²) in [5.74, 6) is 0. The van der Waals surface area contributed by atoms with Crippen molar-refractivity contribution in [3.8, 4) is 0 Å². The number of phosphoric acid groups is 1. The summed E-state index contributed by atoms with van der Waals surface area (Å²) in [6.07, 6.45) is 0. The van der Waals surface area contributed by atoms with E-state index in [9.17, 15) is 0 Å². The molecule has 0 fully saturated rings. The van der Waals surface area contributed by atoms with Crippen LogP contribution in [-0.4, -0.2) is 34.2 Å². The van der Waals surface area contributed by atoms with Crippen molar-refractivity contribution in [3.63, 3.8) is 0 Å². The molecule has 10 heteroatoms. The van der Waals surface area contributed by atoms with Crippen LogP contribution in [0.3, 0.4) is 0 Å². The van der Waals surface area contributed by atoms with Crippen LogP contribution in [0.15, 0.2) is 0 Å². The van der Waals surface area contributed by atoms with Gasteiger partial charge in [-0.05, 0) is 0 Å². The van der Waals surface area contributed by atoms with Crippen LogP contribution in [0.25, 0.3) is 0 Å². The summed E-state index contributed by atoms with van der Waals surface area (Å²) in [5, 5.41) is 0. The Morgan fingerprint density at radius 3 is 1.64 bits per heavy atom. The van der Waals surface area contributed by atoms with Crippen molar-refractivity contribution in [2.45, 2.75) is 6.55 Å². The molecule has 0 aromatic carbocycles. The van der Waals surface area contributed by atoms with Gasteiger partial charge in [0, 0.05) is 0 Å². The zero-order valence-electron chi connectivity index (χ0n) is 5.65. The third kappa shape index (κ3) is 60.0. The Morgan fingerprint density at radius 1 is 1.36 bits per heavy atom. The van der Waals surface area contributed by atoms with Gasteiger partial charge >= 0.3 is 16.4 Å². The van der Waals surface area contributed by atoms with Crippen molar-refractivity contribution in [1.29, 1.82) is 0 Å². The number of rotatable bonds is 2. The second kappa shape index (κ2) is 7.29. The Bertz CT molecular complexity index is 111. The van der Waals surface area contributed by atoms with Crippen molar-refractivity contribution in [2.75, 3.05) is 0 Å². The van der Waals surface area contributed by atoms with E-state index in [1.165, 1.54) is 0 Å². The first-order valence-electron chi connectivity index (χ1n) is 2.36. The van der Waals surface area contributed by atoms with Gasteiger partial charge in [0.1, 0.15) is 0 Å². The molecule has 5 N–H and O–H groups in total. The van der Waals surface area contributed by atoms with Gasteiger partial charge in [-0.25, -0.2) is 4.57 Å². The van der Waals surface area contributed by atoms with Crippen molar-refractivity contribution < 1.29 is 33.2 Å². The Labute approximate surface area is 66.8 Å². The summed E-state index contributed by atoms with van der Waals surface area (Å²) in [6, 6.07) is 0. The predicted molar refractivity (Wildman–Crippen MR) is 41.1 cm³/mol. The maximum absolute atomic E-state index is 8.88. The molecule has 0 rings (SSSR count). The first kappa shape index (κ1) is 14.2. The minimum Gasteiger partial charge on any atom is -0.362 e. The molecule has 0 amide bonds. The quantitative estimate of drug-likeness (QED) is 0.283. The number of hydrogen-bond donors (Lipinski definition) is 5. The van der Waals surface area contributed by atoms with Crippen LogP contribution in [0, 0.1) is 0 Å². The minimum atomic E-state index is -4.64. The first-order chi connectivity index (χ1) is 4.77. The van der Waals surface area contributed by atoms with E-state index in [0.717, 1.165) is 0 Å². The lowest BCUT2D eigenvalue weighted by molar-refractivity contribution is 0.275. The van der Waals surface area contributed by atoms with Crippen LogP contribution in [-0.2, 0) is 8.78 Å². The summed E-state index contributed by atoms with van der Waals surface area (Å²) < 4.78 is 13.2. The summed E-state index contributed by atoms with van der Waals surface area (Å²) >= 11 is 0. The molecule has 0 aliphatic rings. The molecule has 0 radical (unpaired) electrons. The van der Waals surface area contributed by atoms with Gasteiger partial charge in [-0.1, -0.05) is 6.55 Å². The van der Waals surface area contributed by atoms with Crippen LogP contribution >= 0.6 is 16.4 Å². The summed E-state index contributed by atoms with van der Waals surface area (Å²) in [5.41, 5.74) is 0. The van der Waals surface area contributed by atoms with Gasteiger partial charge in [-0.2, -0.15) is 0 Å². The third-order valence-corrected chi connectivity index (χ3v) is 2.20. The third-order valence-electron chi connectivity index (χ3n) is 0.245. The molecular weight excluding hydrogens is 214 g/mol. The SMILES string of the molecule is C[SiH2]OP(O)O.O=P(O)(O)O. The summed E-state index contributed by atoms with van der Waals surface area (Å²) in [7, 11) is -7.28. The van der Waals surface area contributed by atoms with Gasteiger partial charge in [-0.3, -0.25) is 0 Å². The van der Waals surface area contributed by atoms with Crippen molar-refractivity contribution >= 4 is 26.2 Å². The highest BCUT2D eigenvalue weighted by Crippen LogP contribution is 2.25. The van der Waals surface area contributed by atoms with Gasteiger partial charge in [0.25, 0.3) is 0 Å². The van der Waals surface area contributed by atoms with E-state index in [0.29, 0.717) is 0 Å². The van der Waals surface area contributed by atoms with Crippen molar-refractivity contribution in [1.82, 2.24) is 0 Å². The monoisotopic (exact) mass is 224 g/mol. The maximum Gasteiger partial charge on any atom is 0.466 e. The molecule has 11 heavy (non-hydrogen) atoms. The van der Waals surface area contributed by atoms with Crippen LogP contribution in [0.5, 0.6) is 0 Å². The average molecular weight is 224 g/mol. The molecule has 0 aromatic heterocycles. The van der Waals surface area contributed by atoms with Gasteiger partial charge in [0.05, 0.1) is 0 Å². The average Bonchev–Trinajstić information content (AvgIpc) is 1.58. The lowest BCUT2D eigenvalue weighted by Gasteiger charge is -1.95. The van der Waals surface area contributed by atoms with E-state index in [4.69, 9.17) is 29.0 Å². The fourth-order valence-electron chi connectivity index (χ4n) is 0.115. The molecule has 0 spiro atoms. The molecule has 0 unspecified atom stereocenters. The maximum atomic E-state index is 8.88. The Morgan fingerprint density at radius 2 is 1.64 bits per heavy atom. The number of hydrogen-bond acceptors (Lipinski definition) is 4. The Kier molecular flexibility index (Phi) is 9.40. The lowest BCUT2D eigenvalue weighted by atomic mass is 11.9. The lowest BCUT2D eigenvalue weighted by Crippen LogP contribution is -1.83. The topological polar surface area (TPSA) is 127 Å². The molecule has 0 aliphatic carbocycles. The second-order valence-electron chi connectivity index (χ2n) is 1.18. The van der Waals surface area contributed by atoms with E-state index < -0.39 is 26.2 Å². The minimum absolute atomic E-state index is 0.605. The van der Waals surface area contributed by atoms with Gasteiger partial charge < -0.3 is 28.7 Å². The molecule has 0 bridgehead atoms. The smallest absolute Gasteiger partial charge is 0.362 e. The normalized spacial score (nSPS) is 11.9. The molecule has 0 saturated heterocycles. The molecule has 70 valence electrons. The van der Waals surface area contributed by atoms with E-state index in [1.54, 1.807) is 0 Å². The Hall–Kier alpha value is 0.637. The first-order valence-corrected chi connectivity index (χ1v) is 7.08. The van der Waals surface area contributed by atoms with E-state index in [2.05, 4.69) is 4.21 Å². The molecule has 0 aliphatic heterocycles. The largest absolute Gasteiger partial charge is 0.466 e. The molecule has 0 atom stereocenters. The molecule has 0 aromatic rings. The zero-order valence-corrected chi connectivity index (χ0v) is 8.86. The summed E-state index contributed by atoms with van der Waals surface area (Å²) in [4.78, 5) is 37.5. The van der Waals surface area contributed by atoms with Crippen molar-refractivity contribution in [2.24, 2.45) is 0 Å². The second-order valence-corrected chi connectivity index (χ2v) is 4.33. The van der Waals surface area contributed by atoms with Gasteiger partial charge in [0.2, 0.25) is 0 Å². The van der Waals surface area contributed by atoms with E-state index in [-0.39, 0.29) is 0 Å². The molecule has 0 heterocycles. The van der Waals surface area contributed by atoms with Crippen LogP contribution in [0.2, 0.25) is 6.55 Å². The molecule has 7 nitrogen and oxygen atoms in total. The van der Waals surface area contributed by atoms with Gasteiger partial charge in [0.15, 0.2) is 9.76 Å². The fourth-order valence-corrected chi connectivity index (χ4v) is 1.04. The van der Waals surface area contributed by atoms with E-state index >= 15 is 0 Å². The fraction of sp³-hybridized carbons (Fsp3) is 1.00. The Balaban J connectivity index is 0. The van der Waals surface area contributed by atoms with E-state index in [1.807, 2.05) is 6.55 Å². The van der Waals surface area contributed by atoms with Crippen LogP contribution in [0.4, 0.5) is 0 Å². The van der Waals surface area contributed by atoms with Crippen molar-refractivity contribution in [3.05, 3.63) is 0 Å². The highest BCUT2D eigenvalue weighted by molar-refractivity contribution is 7.45. The highest BCUT2D eigenvalue weighted by atomic mass is 31.2. The van der Waals surface area contributed by atoms with Crippen LogP contribution < -0.4 is 0 Å². The van der Waals surface area contributed by atoms with Crippen LogP contribution in [0.1, 0.15) is 0 Å². The zero-order chi connectivity index (χ0) is 9.49. The standard InChI is InChI=1S/CH7O3PSi.H3O4P/c1-6-4-5(2)3;1-5(2,3)4/h2-3H,6H2,1H3;(H3,1,2,3,4). The summed E-state index contributed by atoms with van der Waals surface area (Å²) in [6.45, 7) is 1.84. The molecule has 0 saturated carbocycles. The highest BCUT2D eigenvalue weighted by Gasteiger charge is 2.00. The van der Waals surface area contributed by atoms with Gasteiger partial charge in [-0.15, -0.1) is 0 Å². The molecular formula is CH10O7P2Si.